The summed E-state index contributed by atoms with van der Waals surface area (Å²) in [5.41, 5.74) is 3.85. The molecule has 0 aliphatic heterocycles. The van der Waals surface area contributed by atoms with Crippen LogP contribution in [0.1, 0.15) is 15.9 Å². The molecule has 3 aromatic carbocycles. The molecule has 26 heavy (non-hydrogen) atoms. The van der Waals surface area contributed by atoms with Gasteiger partial charge in [0.2, 0.25) is 0 Å². The van der Waals surface area contributed by atoms with Gasteiger partial charge < -0.3 is 9.47 Å². The van der Waals surface area contributed by atoms with Crippen LogP contribution in [0.5, 0.6) is 17.2 Å². The Kier molecular flexibility index (Phi) is 5.62. The van der Waals surface area contributed by atoms with E-state index in [1.807, 2.05) is 54.6 Å². The minimum absolute atomic E-state index is 0.284. The summed E-state index contributed by atoms with van der Waals surface area (Å²) in [4.78, 5) is 12.0. The summed E-state index contributed by atoms with van der Waals surface area (Å²) >= 11 is 0. The zero-order valence-corrected chi connectivity index (χ0v) is 14.3. The van der Waals surface area contributed by atoms with Gasteiger partial charge in [-0.3, -0.25) is 4.79 Å². The second-order valence-electron chi connectivity index (χ2n) is 5.41. The van der Waals surface area contributed by atoms with Gasteiger partial charge in [-0.25, -0.2) is 5.43 Å². The van der Waals surface area contributed by atoms with Crippen molar-refractivity contribution in [2.24, 2.45) is 5.10 Å². The van der Waals surface area contributed by atoms with Crippen LogP contribution in [0, 0.1) is 0 Å². The predicted molar refractivity (Wildman–Crippen MR) is 101 cm³/mol. The number of hydrazone groups is 1. The smallest absolute Gasteiger partial charge is 0.271 e. The summed E-state index contributed by atoms with van der Waals surface area (Å²) in [6, 6.07) is 23.8. The Hall–Kier alpha value is -3.60. The van der Waals surface area contributed by atoms with Crippen LogP contribution in [0.3, 0.4) is 0 Å². The Labute approximate surface area is 151 Å². The monoisotopic (exact) mass is 346 g/mol. The van der Waals surface area contributed by atoms with Gasteiger partial charge in [0.25, 0.3) is 5.91 Å². The van der Waals surface area contributed by atoms with Gasteiger partial charge in [-0.05, 0) is 66.2 Å². The summed E-state index contributed by atoms with van der Waals surface area (Å²) < 4.78 is 10.8. The van der Waals surface area contributed by atoms with Crippen LogP contribution in [0.4, 0.5) is 0 Å². The fourth-order valence-corrected chi connectivity index (χ4v) is 2.22. The number of hydrogen-bond donors (Lipinski definition) is 1. The third kappa shape index (κ3) is 4.70. The van der Waals surface area contributed by atoms with E-state index >= 15 is 0 Å². The number of amides is 1. The largest absolute Gasteiger partial charge is 0.497 e. The summed E-state index contributed by atoms with van der Waals surface area (Å²) in [7, 11) is 1.58. The fraction of sp³-hybridized carbons (Fsp3) is 0.0476. The molecule has 0 saturated carbocycles. The molecular weight excluding hydrogens is 328 g/mol. The third-order valence-corrected chi connectivity index (χ3v) is 3.59. The summed E-state index contributed by atoms with van der Waals surface area (Å²) in [6.07, 6.45) is 1.58. The fourth-order valence-electron chi connectivity index (χ4n) is 2.22. The molecule has 0 atom stereocenters. The zero-order chi connectivity index (χ0) is 18.2. The first-order valence-electron chi connectivity index (χ1n) is 8.05. The maximum absolute atomic E-state index is 12.0. The van der Waals surface area contributed by atoms with Crippen molar-refractivity contribution in [3.05, 3.63) is 90.0 Å². The highest BCUT2D eigenvalue weighted by molar-refractivity contribution is 5.95. The summed E-state index contributed by atoms with van der Waals surface area (Å²) in [5, 5.41) is 3.98. The lowest BCUT2D eigenvalue weighted by atomic mass is 10.2. The minimum Gasteiger partial charge on any atom is -0.497 e. The van der Waals surface area contributed by atoms with Crippen LogP contribution >= 0.6 is 0 Å². The highest BCUT2D eigenvalue weighted by atomic mass is 16.5. The quantitative estimate of drug-likeness (QED) is 0.536. The van der Waals surface area contributed by atoms with E-state index in [-0.39, 0.29) is 5.91 Å². The summed E-state index contributed by atoms with van der Waals surface area (Å²) in [6.45, 7) is 0. The predicted octanol–water partition coefficient (Wildman–Crippen LogP) is 4.25. The number of nitrogens with one attached hydrogen (secondary N) is 1. The Morgan fingerprint density at radius 3 is 2.12 bits per heavy atom. The molecule has 3 aromatic rings. The van der Waals surface area contributed by atoms with Crippen LogP contribution in [-0.4, -0.2) is 19.2 Å². The van der Waals surface area contributed by atoms with Gasteiger partial charge in [-0.2, -0.15) is 5.10 Å². The van der Waals surface area contributed by atoms with E-state index in [1.165, 1.54) is 0 Å². The number of para-hydroxylation sites is 1. The number of rotatable bonds is 6. The van der Waals surface area contributed by atoms with Crippen LogP contribution in [0.2, 0.25) is 0 Å². The average molecular weight is 346 g/mol. The number of benzene rings is 3. The van der Waals surface area contributed by atoms with Crippen molar-refractivity contribution < 1.29 is 14.3 Å². The first kappa shape index (κ1) is 17.2. The lowest BCUT2D eigenvalue weighted by molar-refractivity contribution is 0.0955. The molecule has 3 rings (SSSR count). The second kappa shape index (κ2) is 8.48. The van der Waals surface area contributed by atoms with Gasteiger partial charge in [-0.15, -0.1) is 0 Å². The number of ether oxygens (including phenoxy) is 2. The molecule has 0 bridgehead atoms. The van der Waals surface area contributed by atoms with E-state index < -0.39 is 0 Å². The molecule has 0 aliphatic carbocycles. The average Bonchev–Trinajstić information content (AvgIpc) is 2.70. The van der Waals surface area contributed by atoms with Crippen molar-refractivity contribution in [1.82, 2.24) is 5.43 Å². The number of carbonyl (C=O) groups is 1. The molecular formula is C21H18N2O3. The van der Waals surface area contributed by atoms with Gasteiger partial charge in [0.05, 0.1) is 13.3 Å². The third-order valence-electron chi connectivity index (χ3n) is 3.59. The molecule has 5 heteroatoms. The minimum atomic E-state index is -0.284. The highest BCUT2D eigenvalue weighted by Crippen LogP contribution is 2.20. The van der Waals surface area contributed by atoms with Crippen molar-refractivity contribution in [1.29, 1.82) is 0 Å². The van der Waals surface area contributed by atoms with Gasteiger partial charge in [0.15, 0.2) is 0 Å². The molecule has 5 nitrogen and oxygen atoms in total. The molecule has 1 N–H and O–H groups in total. The number of carbonyl (C=O) groups excluding carboxylic acids is 1. The molecule has 1 amide bonds. The van der Waals surface area contributed by atoms with E-state index in [9.17, 15) is 4.79 Å². The van der Waals surface area contributed by atoms with Gasteiger partial charge >= 0.3 is 0 Å². The Bertz CT molecular complexity index is 873. The van der Waals surface area contributed by atoms with Crippen molar-refractivity contribution in [2.45, 2.75) is 0 Å². The van der Waals surface area contributed by atoms with Crippen LogP contribution in [0.15, 0.2) is 84.0 Å². The molecule has 0 radical (unpaired) electrons. The van der Waals surface area contributed by atoms with E-state index in [1.54, 1.807) is 37.6 Å². The molecule has 0 aliphatic rings. The van der Waals surface area contributed by atoms with Crippen LogP contribution in [0.25, 0.3) is 0 Å². The molecule has 0 fully saturated rings. The van der Waals surface area contributed by atoms with Crippen molar-refractivity contribution in [2.75, 3.05) is 7.11 Å². The SMILES string of the molecule is COc1ccc(C(=O)N/N=C/c2ccc(Oc3ccccc3)cc2)cc1. The van der Waals surface area contributed by atoms with Crippen LogP contribution in [-0.2, 0) is 0 Å². The Balaban J connectivity index is 1.55. The normalized spacial score (nSPS) is 10.5. The maximum Gasteiger partial charge on any atom is 0.271 e. The van der Waals surface area contributed by atoms with Gasteiger partial charge in [0, 0.05) is 5.56 Å². The van der Waals surface area contributed by atoms with Crippen LogP contribution < -0.4 is 14.9 Å². The molecule has 0 unspecified atom stereocenters. The lowest BCUT2D eigenvalue weighted by Gasteiger charge is -2.05. The van der Waals surface area contributed by atoms with E-state index in [2.05, 4.69) is 10.5 Å². The molecule has 0 aromatic heterocycles. The first-order valence-corrected chi connectivity index (χ1v) is 8.05. The van der Waals surface area contributed by atoms with Crippen molar-refractivity contribution in [3.8, 4) is 17.2 Å². The zero-order valence-electron chi connectivity index (χ0n) is 14.3. The molecule has 0 spiro atoms. The number of nitrogens with zero attached hydrogens (tertiary/aromatic N) is 1. The van der Waals surface area contributed by atoms with Gasteiger partial charge in [0.1, 0.15) is 17.2 Å². The molecule has 0 saturated heterocycles. The van der Waals surface area contributed by atoms with Gasteiger partial charge in [-0.1, -0.05) is 18.2 Å². The Morgan fingerprint density at radius 2 is 1.46 bits per heavy atom. The van der Waals surface area contributed by atoms with E-state index in [4.69, 9.17) is 9.47 Å². The maximum atomic E-state index is 12.0. The number of hydrogen-bond acceptors (Lipinski definition) is 4. The van der Waals surface area contributed by atoms with E-state index in [0.717, 1.165) is 17.1 Å². The summed E-state index contributed by atoms with van der Waals surface area (Å²) in [5.74, 6) is 1.92. The second-order valence-corrected chi connectivity index (χ2v) is 5.41. The van der Waals surface area contributed by atoms with E-state index in [0.29, 0.717) is 11.3 Å². The first-order chi connectivity index (χ1) is 12.7. The lowest BCUT2D eigenvalue weighted by Crippen LogP contribution is -2.17. The van der Waals surface area contributed by atoms with Crippen molar-refractivity contribution >= 4 is 12.1 Å². The topological polar surface area (TPSA) is 59.9 Å². The number of methoxy groups -OCH3 is 1. The standard InChI is InChI=1S/C21H18N2O3/c1-25-18-13-9-17(10-14-18)21(24)23-22-15-16-7-11-20(12-8-16)26-19-5-3-2-4-6-19/h2-15H,1H3,(H,23,24)/b22-15+. The Morgan fingerprint density at radius 1 is 0.846 bits per heavy atom. The molecule has 130 valence electrons. The van der Waals surface area contributed by atoms with Crippen molar-refractivity contribution in [3.63, 3.8) is 0 Å². The highest BCUT2D eigenvalue weighted by Gasteiger charge is 2.03. The molecule has 0 heterocycles.